The van der Waals surface area contributed by atoms with Gasteiger partial charge in [0.25, 0.3) is 0 Å². The molecule has 1 atom stereocenters. The second-order valence-electron chi connectivity index (χ2n) is 9.03. The van der Waals surface area contributed by atoms with Crippen LogP contribution in [0.3, 0.4) is 0 Å². The second kappa shape index (κ2) is 9.48. The van der Waals surface area contributed by atoms with Crippen molar-refractivity contribution in [2.75, 3.05) is 26.4 Å². The van der Waals surface area contributed by atoms with Gasteiger partial charge in [-0.2, -0.15) is 0 Å². The summed E-state index contributed by atoms with van der Waals surface area (Å²) >= 11 is -1.45. The molecule has 0 aliphatic carbocycles. The summed E-state index contributed by atoms with van der Waals surface area (Å²) in [4.78, 5) is 15.7. The van der Waals surface area contributed by atoms with Crippen LogP contribution in [0.1, 0.15) is 11.4 Å². The molecule has 0 aliphatic rings. The van der Waals surface area contributed by atoms with Gasteiger partial charge in [0.1, 0.15) is 0 Å². The van der Waals surface area contributed by atoms with Gasteiger partial charge in [-0.15, -0.1) is 0 Å². The van der Waals surface area contributed by atoms with Crippen LogP contribution in [0, 0.1) is 12.7 Å². The Morgan fingerprint density at radius 1 is 1.17 bits per heavy atom. The van der Waals surface area contributed by atoms with Crippen molar-refractivity contribution >= 4 is 41.5 Å². The van der Waals surface area contributed by atoms with Crippen molar-refractivity contribution in [1.82, 2.24) is 39.2 Å². The van der Waals surface area contributed by atoms with E-state index in [9.17, 15) is 9.50 Å². The third-order valence-corrected chi connectivity index (χ3v) is 9.99. The molecular formula is C24H27AsFN9O. The Hall–Kier alpha value is -3.56. The molecule has 1 unspecified atom stereocenters. The molecule has 186 valence electrons. The molecule has 12 heteroatoms. The van der Waals surface area contributed by atoms with Crippen LogP contribution in [0.5, 0.6) is 5.75 Å². The van der Waals surface area contributed by atoms with Gasteiger partial charge in [-0.1, -0.05) is 0 Å². The van der Waals surface area contributed by atoms with Crippen LogP contribution in [0.25, 0.3) is 27.8 Å². The summed E-state index contributed by atoms with van der Waals surface area (Å²) < 4.78 is 18.7. The van der Waals surface area contributed by atoms with Crippen LogP contribution >= 0.6 is 0 Å². The molecule has 0 aliphatic heterocycles. The Morgan fingerprint density at radius 2 is 1.97 bits per heavy atom. The maximum atomic E-state index is 14.1. The van der Waals surface area contributed by atoms with Crippen LogP contribution in [-0.2, 0) is 6.54 Å². The standard InChI is InChI=1S/C24H27AsFN9O/c1-14-5-7-34-21(14)22(25(2)6-8-33(3)4)30-18(31-34)12-35-24-19(23(27)28-13-29-24)20(32-35)15-9-16(26)11-17(36)10-15/h5,7,9-11,13,36H,6,8,12H2,1-4H3,(H2,27,28,29). The fourth-order valence-electron chi connectivity index (χ4n) is 4.18. The Kier molecular flexibility index (Phi) is 6.36. The minimum atomic E-state index is -1.45. The van der Waals surface area contributed by atoms with E-state index in [0.717, 1.165) is 33.4 Å². The number of phenols is 1. The number of hydrogen-bond donors (Lipinski definition) is 2. The van der Waals surface area contributed by atoms with Gasteiger partial charge in [0, 0.05) is 0 Å². The van der Waals surface area contributed by atoms with E-state index in [4.69, 9.17) is 15.8 Å². The van der Waals surface area contributed by atoms with Gasteiger partial charge < -0.3 is 0 Å². The number of nitrogen functional groups attached to an aromatic ring is 1. The number of benzene rings is 1. The number of anilines is 1. The summed E-state index contributed by atoms with van der Waals surface area (Å²) in [7, 11) is 4.16. The van der Waals surface area contributed by atoms with Crippen LogP contribution in [0.4, 0.5) is 10.2 Å². The molecule has 3 N–H and O–H groups in total. The van der Waals surface area contributed by atoms with Crippen molar-refractivity contribution in [3.63, 3.8) is 0 Å². The van der Waals surface area contributed by atoms with Gasteiger partial charge in [-0.05, 0) is 0 Å². The van der Waals surface area contributed by atoms with Crippen molar-refractivity contribution in [3.05, 3.63) is 54.0 Å². The summed E-state index contributed by atoms with van der Waals surface area (Å²) in [6.07, 6.45) is 3.32. The number of nitrogens with two attached hydrogens (primary N) is 1. The molecule has 0 amide bonds. The maximum absolute atomic E-state index is 14.1. The fourth-order valence-corrected chi connectivity index (χ4v) is 8.03. The van der Waals surface area contributed by atoms with Gasteiger partial charge in [-0.25, -0.2) is 0 Å². The molecule has 36 heavy (non-hydrogen) atoms. The fraction of sp³-hybridized carbons (Fsp3) is 0.292. The van der Waals surface area contributed by atoms with Crippen LogP contribution in [0.15, 0.2) is 36.8 Å². The summed E-state index contributed by atoms with van der Waals surface area (Å²) in [5.41, 5.74) is 12.0. The third kappa shape index (κ3) is 4.51. The zero-order valence-electron chi connectivity index (χ0n) is 20.5. The Bertz CT molecular complexity index is 1560. The van der Waals surface area contributed by atoms with Gasteiger partial charge in [-0.3, -0.25) is 0 Å². The first-order valence-electron chi connectivity index (χ1n) is 11.4. The molecule has 10 nitrogen and oxygen atoms in total. The van der Waals surface area contributed by atoms with Crippen molar-refractivity contribution in [2.45, 2.75) is 24.4 Å². The molecule has 0 fully saturated rings. The first-order valence-corrected chi connectivity index (χ1v) is 15.5. The zero-order chi connectivity index (χ0) is 25.6. The van der Waals surface area contributed by atoms with E-state index in [1.807, 2.05) is 10.7 Å². The van der Waals surface area contributed by atoms with E-state index in [1.165, 1.54) is 18.5 Å². The summed E-state index contributed by atoms with van der Waals surface area (Å²) in [5.74, 6) is 0.0190. The SMILES string of the molecule is Cc1ccn2nc(Cn3nc(-c4cc(O)cc(F)c4)c4c(N)ncnc43)nc([As](C)CCN(C)C)c12. The molecule has 0 radical (unpaired) electrons. The molecule has 5 rings (SSSR count). The number of phenolic OH excluding ortho intramolecular Hbond substituents is 1. The van der Waals surface area contributed by atoms with Gasteiger partial charge in [0.2, 0.25) is 0 Å². The average Bonchev–Trinajstić information content (AvgIpc) is 3.38. The van der Waals surface area contributed by atoms with Crippen LogP contribution in [-0.4, -0.2) is 79.6 Å². The van der Waals surface area contributed by atoms with E-state index in [2.05, 4.69) is 52.8 Å². The Balaban J connectivity index is 1.62. The van der Waals surface area contributed by atoms with E-state index in [-0.39, 0.29) is 18.1 Å². The van der Waals surface area contributed by atoms with Crippen molar-refractivity contribution < 1.29 is 9.50 Å². The molecule has 0 bridgehead atoms. The molecule has 0 spiro atoms. The van der Waals surface area contributed by atoms with Crippen molar-refractivity contribution in [2.24, 2.45) is 0 Å². The number of aryl methyl sites for hydroxylation is 1. The number of fused-ring (bicyclic) bond motifs is 2. The van der Waals surface area contributed by atoms with Gasteiger partial charge >= 0.3 is 212 Å². The van der Waals surface area contributed by atoms with Gasteiger partial charge in [0.15, 0.2) is 0 Å². The van der Waals surface area contributed by atoms with Crippen LogP contribution < -0.4 is 10.2 Å². The first kappa shape index (κ1) is 24.1. The Morgan fingerprint density at radius 3 is 2.72 bits per heavy atom. The van der Waals surface area contributed by atoms with E-state index in [0.29, 0.717) is 28.1 Å². The normalized spacial score (nSPS) is 12.7. The number of hydrogen-bond acceptors (Lipinski definition) is 8. The third-order valence-electron chi connectivity index (χ3n) is 5.99. The molecule has 0 saturated heterocycles. The summed E-state index contributed by atoms with van der Waals surface area (Å²) in [6.45, 7) is 3.33. The number of aromatic hydroxyl groups is 1. The van der Waals surface area contributed by atoms with E-state index >= 15 is 0 Å². The Labute approximate surface area is 211 Å². The molecule has 5 aromatic rings. The number of nitrogens with zero attached hydrogens (tertiary/aromatic N) is 8. The molecular weight excluding hydrogens is 524 g/mol. The predicted octanol–water partition coefficient (Wildman–Crippen LogP) is 2.21. The quantitative estimate of drug-likeness (QED) is 0.295. The van der Waals surface area contributed by atoms with Crippen molar-refractivity contribution in [3.8, 4) is 17.0 Å². The number of aromatic nitrogens is 7. The zero-order valence-corrected chi connectivity index (χ0v) is 22.4. The second-order valence-corrected chi connectivity index (χ2v) is 13.8. The first-order chi connectivity index (χ1) is 17.2. The minimum absolute atomic E-state index is 0.207. The monoisotopic (exact) mass is 551 g/mol. The summed E-state index contributed by atoms with van der Waals surface area (Å²) in [5, 5.41) is 21.0. The molecule has 4 aromatic heterocycles. The number of rotatable bonds is 7. The van der Waals surface area contributed by atoms with E-state index in [1.54, 1.807) is 4.68 Å². The number of halogens is 1. The topological polar surface area (TPSA) is 123 Å². The van der Waals surface area contributed by atoms with E-state index < -0.39 is 20.5 Å². The van der Waals surface area contributed by atoms with Crippen LogP contribution in [0.2, 0.25) is 10.9 Å². The predicted molar refractivity (Wildman–Crippen MR) is 138 cm³/mol. The molecule has 0 saturated carbocycles. The molecule has 4 heterocycles. The van der Waals surface area contributed by atoms with Gasteiger partial charge in [0.05, 0.1) is 0 Å². The summed E-state index contributed by atoms with van der Waals surface area (Å²) in [6, 6.07) is 5.81. The van der Waals surface area contributed by atoms with Crippen molar-refractivity contribution in [1.29, 1.82) is 0 Å². The average molecular weight is 551 g/mol. The molecule has 1 aromatic carbocycles.